The molecule has 1 aromatic heterocycles. The lowest BCUT2D eigenvalue weighted by molar-refractivity contribution is 0.686. The molecule has 0 spiro atoms. The van der Waals surface area contributed by atoms with Crippen molar-refractivity contribution in [2.24, 2.45) is 4.99 Å². The Morgan fingerprint density at radius 2 is 1.81 bits per heavy atom. The lowest BCUT2D eigenvalue weighted by Crippen LogP contribution is -2.38. The predicted molar refractivity (Wildman–Crippen MR) is 129 cm³/mol. The molecule has 1 aromatic carbocycles. The van der Waals surface area contributed by atoms with E-state index in [1.54, 1.807) is 11.3 Å². The average Bonchev–Trinajstić information content (AvgIpc) is 2.98. The number of unbranched alkanes of at least 4 members (excludes halogenated alkanes) is 1. The Kier molecular flexibility index (Phi) is 11.3. The van der Waals surface area contributed by atoms with Crippen molar-refractivity contribution in [3.8, 4) is 0 Å². The van der Waals surface area contributed by atoms with Crippen LogP contribution in [0.3, 0.4) is 0 Å². The molecule has 0 aliphatic rings. The third-order valence-corrected chi connectivity index (χ3v) is 5.47. The lowest BCUT2D eigenvalue weighted by atomic mass is 10.2. The van der Waals surface area contributed by atoms with E-state index in [1.165, 1.54) is 15.6 Å². The van der Waals surface area contributed by atoms with Crippen LogP contribution in [0.4, 0.5) is 5.69 Å². The van der Waals surface area contributed by atoms with Gasteiger partial charge in [0.25, 0.3) is 0 Å². The molecule has 0 unspecified atom stereocenters. The first kappa shape index (κ1) is 23.7. The molecule has 0 aliphatic heterocycles. The van der Waals surface area contributed by atoms with Gasteiger partial charge in [0.1, 0.15) is 0 Å². The van der Waals surface area contributed by atoms with E-state index >= 15 is 0 Å². The summed E-state index contributed by atoms with van der Waals surface area (Å²) in [6, 6.07) is 10.5. The number of halogens is 1. The van der Waals surface area contributed by atoms with Gasteiger partial charge in [-0.3, -0.25) is 4.99 Å². The molecule has 2 N–H and O–H groups in total. The number of rotatable bonds is 9. The number of nitrogens with one attached hydrogen (secondary N) is 2. The number of nitrogens with zero attached hydrogens (tertiary/aromatic N) is 3. The highest BCUT2D eigenvalue weighted by Crippen LogP contribution is 2.16. The van der Waals surface area contributed by atoms with Crippen LogP contribution in [0, 0.1) is 13.8 Å². The Hall–Kier alpha value is -1.35. The van der Waals surface area contributed by atoms with Crippen LogP contribution in [0.25, 0.3) is 0 Å². The fraction of sp³-hybridized carbons (Fsp3) is 0.500. The maximum absolute atomic E-state index is 4.57. The maximum atomic E-state index is 4.57. The van der Waals surface area contributed by atoms with Crippen molar-refractivity contribution in [2.75, 3.05) is 38.6 Å². The van der Waals surface area contributed by atoms with E-state index in [2.05, 4.69) is 76.7 Å². The SMILES string of the molecule is CN=C(NCCCCN(C)c1ccccc1)NCCc1nc(C)c(C)s1.I. The summed E-state index contributed by atoms with van der Waals surface area (Å²) in [6.45, 7) is 7.03. The number of para-hydroxylation sites is 1. The number of aromatic nitrogens is 1. The molecular formula is C20H32IN5S. The molecule has 0 saturated carbocycles. The summed E-state index contributed by atoms with van der Waals surface area (Å²) in [7, 11) is 3.96. The number of aryl methyl sites for hydroxylation is 2. The molecule has 7 heteroatoms. The van der Waals surface area contributed by atoms with Gasteiger partial charge in [-0.05, 0) is 38.8 Å². The lowest BCUT2D eigenvalue weighted by Gasteiger charge is -2.19. The van der Waals surface area contributed by atoms with Crippen molar-refractivity contribution in [1.82, 2.24) is 15.6 Å². The molecule has 27 heavy (non-hydrogen) atoms. The number of hydrogen-bond donors (Lipinski definition) is 2. The van der Waals surface area contributed by atoms with Crippen LogP contribution in [-0.2, 0) is 6.42 Å². The van der Waals surface area contributed by atoms with Crippen LogP contribution in [-0.4, -0.2) is 44.7 Å². The first-order chi connectivity index (χ1) is 12.6. The van der Waals surface area contributed by atoms with E-state index in [0.717, 1.165) is 50.6 Å². The van der Waals surface area contributed by atoms with Gasteiger partial charge < -0.3 is 15.5 Å². The molecule has 0 amide bonds. The Morgan fingerprint density at radius 3 is 2.44 bits per heavy atom. The van der Waals surface area contributed by atoms with E-state index in [0.29, 0.717) is 0 Å². The van der Waals surface area contributed by atoms with Crippen molar-refractivity contribution >= 4 is 47.0 Å². The number of anilines is 1. The summed E-state index contributed by atoms with van der Waals surface area (Å²) in [5.41, 5.74) is 2.42. The molecule has 0 bridgehead atoms. The zero-order chi connectivity index (χ0) is 18.8. The van der Waals surface area contributed by atoms with Crippen LogP contribution in [0.1, 0.15) is 28.4 Å². The number of benzene rings is 1. The molecular weight excluding hydrogens is 469 g/mol. The third kappa shape index (κ3) is 8.47. The van der Waals surface area contributed by atoms with E-state index in [-0.39, 0.29) is 24.0 Å². The molecule has 1 heterocycles. The minimum Gasteiger partial charge on any atom is -0.375 e. The Bertz CT molecular complexity index is 667. The fourth-order valence-corrected chi connectivity index (χ4v) is 3.58. The number of hydrogen-bond acceptors (Lipinski definition) is 4. The molecule has 2 rings (SSSR count). The minimum absolute atomic E-state index is 0. The number of thiazole rings is 1. The molecule has 0 aliphatic carbocycles. The molecule has 150 valence electrons. The molecule has 0 fully saturated rings. The van der Waals surface area contributed by atoms with Crippen LogP contribution in [0.5, 0.6) is 0 Å². The van der Waals surface area contributed by atoms with E-state index in [4.69, 9.17) is 0 Å². The Balaban J connectivity index is 0.00000364. The highest BCUT2D eigenvalue weighted by molar-refractivity contribution is 14.0. The van der Waals surface area contributed by atoms with Crippen LogP contribution in [0.15, 0.2) is 35.3 Å². The molecule has 5 nitrogen and oxygen atoms in total. The molecule has 0 radical (unpaired) electrons. The zero-order valence-electron chi connectivity index (χ0n) is 16.8. The van der Waals surface area contributed by atoms with Crippen molar-refractivity contribution in [3.05, 3.63) is 45.9 Å². The van der Waals surface area contributed by atoms with E-state index in [1.807, 2.05) is 7.05 Å². The van der Waals surface area contributed by atoms with Crippen molar-refractivity contribution in [1.29, 1.82) is 0 Å². The van der Waals surface area contributed by atoms with E-state index in [9.17, 15) is 0 Å². The van der Waals surface area contributed by atoms with Gasteiger partial charge in [-0.25, -0.2) is 4.98 Å². The first-order valence-corrected chi connectivity index (χ1v) is 10.1. The summed E-state index contributed by atoms with van der Waals surface area (Å²) in [5, 5.41) is 7.94. The second-order valence-corrected chi connectivity index (χ2v) is 7.68. The quantitative estimate of drug-likeness (QED) is 0.236. The molecule has 0 saturated heterocycles. The average molecular weight is 501 g/mol. The second-order valence-electron chi connectivity index (χ2n) is 6.39. The van der Waals surface area contributed by atoms with Gasteiger partial charge in [-0.1, -0.05) is 18.2 Å². The van der Waals surface area contributed by atoms with Gasteiger partial charge >= 0.3 is 0 Å². The summed E-state index contributed by atoms with van der Waals surface area (Å²) < 4.78 is 0. The van der Waals surface area contributed by atoms with Gasteiger partial charge in [-0.15, -0.1) is 35.3 Å². The third-order valence-electron chi connectivity index (χ3n) is 4.34. The van der Waals surface area contributed by atoms with Gasteiger partial charge in [0.15, 0.2) is 5.96 Å². The van der Waals surface area contributed by atoms with Gasteiger partial charge in [0, 0.05) is 50.7 Å². The maximum Gasteiger partial charge on any atom is 0.190 e. The summed E-state index contributed by atoms with van der Waals surface area (Å²) >= 11 is 1.78. The van der Waals surface area contributed by atoms with Gasteiger partial charge in [0.2, 0.25) is 0 Å². The molecule has 2 aromatic rings. The zero-order valence-corrected chi connectivity index (χ0v) is 19.9. The number of aliphatic imine (C=N–C) groups is 1. The summed E-state index contributed by atoms with van der Waals surface area (Å²) in [6.07, 6.45) is 3.19. The van der Waals surface area contributed by atoms with Gasteiger partial charge in [0.05, 0.1) is 10.7 Å². The van der Waals surface area contributed by atoms with Gasteiger partial charge in [-0.2, -0.15) is 0 Å². The Morgan fingerprint density at radius 1 is 1.11 bits per heavy atom. The minimum atomic E-state index is 0. The highest BCUT2D eigenvalue weighted by atomic mass is 127. The predicted octanol–water partition coefficient (Wildman–Crippen LogP) is 4.00. The van der Waals surface area contributed by atoms with Crippen molar-refractivity contribution < 1.29 is 0 Å². The summed E-state index contributed by atoms with van der Waals surface area (Å²) in [4.78, 5) is 12.5. The van der Waals surface area contributed by atoms with Crippen LogP contribution < -0.4 is 15.5 Å². The largest absolute Gasteiger partial charge is 0.375 e. The van der Waals surface area contributed by atoms with Crippen LogP contribution >= 0.6 is 35.3 Å². The second kappa shape index (κ2) is 12.9. The van der Waals surface area contributed by atoms with Crippen molar-refractivity contribution in [3.63, 3.8) is 0 Å². The smallest absolute Gasteiger partial charge is 0.190 e. The molecule has 0 atom stereocenters. The Labute approximate surface area is 184 Å². The standard InChI is InChI=1S/C20H31N5S.HI/c1-16-17(2)26-19(24-16)12-14-23-20(21-3)22-13-8-9-15-25(4)18-10-6-5-7-11-18;/h5-7,10-11H,8-9,12-15H2,1-4H3,(H2,21,22,23);1H. The fourth-order valence-electron chi connectivity index (χ4n) is 2.65. The highest BCUT2D eigenvalue weighted by Gasteiger charge is 2.04. The van der Waals surface area contributed by atoms with E-state index < -0.39 is 0 Å². The number of guanidine groups is 1. The van der Waals surface area contributed by atoms with Crippen LogP contribution in [0.2, 0.25) is 0 Å². The first-order valence-electron chi connectivity index (χ1n) is 9.23. The van der Waals surface area contributed by atoms with Crippen molar-refractivity contribution in [2.45, 2.75) is 33.1 Å². The topological polar surface area (TPSA) is 52.6 Å². The summed E-state index contributed by atoms with van der Waals surface area (Å²) in [5.74, 6) is 0.867. The monoisotopic (exact) mass is 501 g/mol. The normalized spacial score (nSPS) is 11.0.